The van der Waals surface area contributed by atoms with Crippen molar-refractivity contribution in [2.45, 2.75) is 31.4 Å². The van der Waals surface area contributed by atoms with Crippen LogP contribution in [0.5, 0.6) is 0 Å². The van der Waals surface area contributed by atoms with Gasteiger partial charge in [0, 0.05) is 12.0 Å². The lowest BCUT2D eigenvalue weighted by atomic mass is 10.1. The van der Waals surface area contributed by atoms with E-state index in [2.05, 4.69) is 9.97 Å². The number of imidazole rings is 1. The predicted molar refractivity (Wildman–Crippen MR) is 102 cm³/mol. The summed E-state index contributed by atoms with van der Waals surface area (Å²) < 4.78 is 7.88. The molecule has 3 heterocycles. The van der Waals surface area contributed by atoms with Gasteiger partial charge >= 0.3 is 5.69 Å². The van der Waals surface area contributed by atoms with Crippen molar-refractivity contribution in [3.63, 3.8) is 0 Å². The first-order chi connectivity index (χ1) is 13.9. The van der Waals surface area contributed by atoms with Crippen molar-refractivity contribution >= 4 is 23.4 Å². The van der Waals surface area contributed by atoms with Gasteiger partial charge < -0.3 is 20.7 Å². The number of H-pyrrole nitrogens is 1. The fraction of sp³-hybridized carbons (Fsp3) is 0.333. The molecule has 4 rings (SSSR count). The topological polar surface area (TPSA) is 165 Å². The lowest BCUT2D eigenvalue weighted by Crippen LogP contribution is -2.32. The van der Waals surface area contributed by atoms with Crippen LogP contribution >= 0.6 is 0 Å². The van der Waals surface area contributed by atoms with E-state index in [4.69, 9.17) is 10.5 Å². The summed E-state index contributed by atoms with van der Waals surface area (Å²) in [5.41, 5.74) is 5.53. The summed E-state index contributed by atoms with van der Waals surface area (Å²) in [6, 6.07) is 6.54. The molecule has 0 spiro atoms. The van der Waals surface area contributed by atoms with Gasteiger partial charge in [0.25, 0.3) is 5.56 Å². The number of nitrogen functional groups attached to an aromatic ring is 1. The maximum absolute atomic E-state index is 13.2. The first kappa shape index (κ1) is 19.1. The third-order valence-corrected chi connectivity index (χ3v) is 4.91. The zero-order chi connectivity index (χ0) is 20.7. The second-order valence-corrected chi connectivity index (χ2v) is 6.86. The summed E-state index contributed by atoms with van der Waals surface area (Å²) >= 11 is 0. The summed E-state index contributed by atoms with van der Waals surface area (Å²) in [7, 11) is 0. The molecule has 3 aromatic rings. The van der Waals surface area contributed by atoms with Crippen molar-refractivity contribution in [3.05, 3.63) is 56.2 Å². The van der Waals surface area contributed by atoms with Crippen molar-refractivity contribution in [1.29, 1.82) is 0 Å². The van der Waals surface area contributed by atoms with E-state index in [1.165, 1.54) is 4.57 Å². The molecule has 0 bridgehead atoms. The number of aliphatic hydroxyl groups is 2. The number of carbonyl (C=O) groups is 1. The fourth-order valence-electron chi connectivity index (χ4n) is 3.54. The molecule has 11 nitrogen and oxygen atoms in total. The van der Waals surface area contributed by atoms with Crippen molar-refractivity contribution in [3.8, 4) is 0 Å². The maximum atomic E-state index is 13.2. The third-order valence-electron chi connectivity index (χ3n) is 4.91. The lowest BCUT2D eigenvalue weighted by Gasteiger charge is -2.15. The first-order valence-electron chi connectivity index (χ1n) is 8.92. The van der Waals surface area contributed by atoms with Crippen LogP contribution in [-0.4, -0.2) is 54.4 Å². The molecule has 3 atom stereocenters. The Bertz CT molecular complexity index is 1180. The number of rotatable bonds is 5. The number of hydrogen-bond donors (Lipinski definition) is 4. The van der Waals surface area contributed by atoms with Crippen LogP contribution in [0.15, 0.2) is 33.9 Å². The number of fused-ring (bicyclic) bond motifs is 1. The van der Waals surface area contributed by atoms with E-state index in [-0.39, 0.29) is 36.7 Å². The maximum Gasteiger partial charge on any atom is 0.333 e. The van der Waals surface area contributed by atoms with Crippen molar-refractivity contribution in [2.75, 3.05) is 12.3 Å². The Morgan fingerprint density at radius 2 is 2.03 bits per heavy atom. The molecule has 0 aliphatic carbocycles. The highest BCUT2D eigenvalue weighted by Gasteiger charge is 2.38. The number of anilines is 1. The molecule has 0 unspecified atom stereocenters. The van der Waals surface area contributed by atoms with Crippen LogP contribution in [0.3, 0.4) is 0 Å². The average Bonchev–Trinajstić information content (AvgIpc) is 3.19. The summed E-state index contributed by atoms with van der Waals surface area (Å²) in [4.78, 5) is 43.0. The minimum Gasteiger partial charge on any atom is -0.394 e. The SMILES string of the molecule is Nc1nc2c(c(=O)[nH]1)n(Cc1ccc(C=O)cc1)c(=O)n2[C@@H]1O[C@H](CO)C[C@H]1O. The molecule has 2 aromatic heterocycles. The molecular weight excluding hydrogens is 382 g/mol. The molecule has 5 N–H and O–H groups in total. The molecule has 1 aromatic carbocycles. The van der Waals surface area contributed by atoms with Crippen LogP contribution in [0.4, 0.5) is 5.95 Å². The van der Waals surface area contributed by atoms with Gasteiger partial charge in [-0.1, -0.05) is 24.3 Å². The van der Waals surface area contributed by atoms with Crippen LogP contribution in [0.2, 0.25) is 0 Å². The zero-order valence-electron chi connectivity index (χ0n) is 15.2. The van der Waals surface area contributed by atoms with Gasteiger partial charge in [-0.05, 0) is 5.56 Å². The molecule has 1 fully saturated rings. The second kappa shape index (κ2) is 7.28. The number of aromatic amines is 1. The average molecular weight is 401 g/mol. The van der Waals surface area contributed by atoms with E-state index in [1.54, 1.807) is 24.3 Å². The van der Waals surface area contributed by atoms with E-state index in [0.717, 1.165) is 4.57 Å². The highest BCUT2D eigenvalue weighted by molar-refractivity contribution is 5.75. The Hall–Kier alpha value is -3.28. The lowest BCUT2D eigenvalue weighted by molar-refractivity contribution is -0.0505. The van der Waals surface area contributed by atoms with Gasteiger partial charge in [-0.25, -0.2) is 9.36 Å². The zero-order valence-corrected chi connectivity index (χ0v) is 15.2. The Balaban J connectivity index is 1.88. The minimum atomic E-state index is -1.12. The minimum absolute atomic E-state index is 0.0214. The van der Waals surface area contributed by atoms with Gasteiger partial charge in [0.1, 0.15) is 12.4 Å². The molecule has 11 heteroatoms. The number of aliphatic hydroxyl groups excluding tert-OH is 2. The number of aromatic nitrogens is 4. The number of nitrogens with two attached hydrogens (primary N) is 1. The molecule has 0 amide bonds. The monoisotopic (exact) mass is 401 g/mol. The quantitative estimate of drug-likeness (QED) is 0.394. The number of benzene rings is 1. The number of nitrogens with zero attached hydrogens (tertiary/aromatic N) is 3. The molecule has 0 saturated carbocycles. The Morgan fingerprint density at radius 1 is 1.31 bits per heavy atom. The summed E-state index contributed by atoms with van der Waals surface area (Å²) in [6.45, 7) is -0.289. The van der Waals surface area contributed by atoms with Gasteiger partial charge in [-0.2, -0.15) is 4.98 Å². The molecule has 1 saturated heterocycles. The van der Waals surface area contributed by atoms with Crippen LogP contribution in [0, 0.1) is 0 Å². The smallest absolute Gasteiger partial charge is 0.333 e. The normalized spacial score (nSPS) is 21.7. The highest BCUT2D eigenvalue weighted by atomic mass is 16.5. The van der Waals surface area contributed by atoms with E-state index in [0.29, 0.717) is 17.4 Å². The second-order valence-electron chi connectivity index (χ2n) is 6.86. The standard InChI is InChI=1S/C18H19N5O6/c19-17-20-14-13(15(27)21-17)22(6-9-1-3-10(7-24)4-2-9)18(28)23(14)16-12(26)5-11(8-25)29-16/h1-4,7,11-12,16,25-26H,5-6,8H2,(H3,19,20,21,27)/t11-,12+,16+/m0/s1. The molecular formula is C18H19N5O6. The van der Waals surface area contributed by atoms with Crippen LogP contribution in [0.25, 0.3) is 11.2 Å². The number of ether oxygens (including phenoxy) is 1. The van der Waals surface area contributed by atoms with Crippen molar-refractivity contribution in [1.82, 2.24) is 19.1 Å². The number of nitrogens with one attached hydrogen (secondary N) is 1. The van der Waals surface area contributed by atoms with E-state index < -0.39 is 29.7 Å². The molecule has 0 radical (unpaired) electrons. The molecule has 29 heavy (non-hydrogen) atoms. The Labute approximate surface area is 163 Å². The van der Waals surface area contributed by atoms with Gasteiger partial charge in [-0.15, -0.1) is 0 Å². The van der Waals surface area contributed by atoms with Gasteiger partial charge in [0.15, 0.2) is 17.4 Å². The Morgan fingerprint density at radius 3 is 2.66 bits per heavy atom. The molecule has 152 valence electrons. The van der Waals surface area contributed by atoms with Crippen LogP contribution in [-0.2, 0) is 11.3 Å². The summed E-state index contributed by atoms with van der Waals surface area (Å²) in [5, 5.41) is 19.7. The van der Waals surface area contributed by atoms with Crippen molar-refractivity contribution in [2.24, 2.45) is 0 Å². The van der Waals surface area contributed by atoms with Gasteiger partial charge in [0.05, 0.1) is 19.3 Å². The van der Waals surface area contributed by atoms with E-state index in [1.807, 2.05) is 0 Å². The number of hydrogen-bond acceptors (Lipinski definition) is 8. The van der Waals surface area contributed by atoms with Crippen LogP contribution < -0.4 is 17.0 Å². The fourth-order valence-corrected chi connectivity index (χ4v) is 3.54. The van der Waals surface area contributed by atoms with Gasteiger partial charge in [0.2, 0.25) is 5.95 Å². The van der Waals surface area contributed by atoms with E-state index in [9.17, 15) is 24.6 Å². The Kier molecular flexibility index (Phi) is 4.78. The van der Waals surface area contributed by atoms with Gasteiger partial charge in [-0.3, -0.25) is 19.1 Å². The summed E-state index contributed by atoms with van der Waals surface area (Å²) in [5.74, 6) is -0.185. The number of carbonyl (C=O) groups excluding carboxylic acids is 1. The number of aldehydes is 1. The first-order valence-corrected chi connectivity index (χ1v) is 8.92. The third kappa shape index (κ3) is 3.24. The van der Waals surface area contributed by atoms with Crippen LogP contribution in [0.1, 0.15) is 28.6 Å². The highest BCUT2D eigenvalue weighted by Crippen LogP contribution is 2.29. The molecule has 1 aliphatic rings. The van der Waals surface area contributed by atoms with Crippen molar-refractivity contribution < 1.29 is 19.7 Å². The predicted octanol–water partition coefficient (Wildman–Crippen LogP) is -1.03. The largest absolute Gasteiger partial charge is 0.394 e. The molecule has 1 aliphatic heterocycles. The summed E-state index contributed by atoms with van der Waals surface area (Å²) in [6.07, 6.45) is -2.00. The van der Waals surface area contributed by atoms with E-state index >= 15 is 0 Å².